The largest absolute Gasteiger partial charge is 0.469 e. The number of nitrogens with one attached hydrogen (secondary N) is 1. The van der Waals surface area contributed by atoms with Crippen LogP contribution in [0.1, 0.15) is 38.9 Å². The van der Waals surface area contributed by atoms with E-state index < -0.39 is 0 Å². The van der Waals surface area contributed by atoms with Crippen LogP contribution in [-0.2, 0) is 6.42 Å². The third kappa shape index (κ3) is 3.97. The molecule has 0 amide bonds. The van der Waals surface area contributed by atoms with Crippen molar-refractivity contribution in [3.63, 3.8) is 0 Å². The van der Waals surface area contributed by atoms with E-state index in [-0.39, 0.29) is 0 Å². The molecule has 1 atom stereocenters. The first-order chi connectivity index (χ1) is 6.86. The molecular formula is C12H21NO. The Labute approximate surface area is 86.7 Å². The number of rotatable bonds is 7. The summed E-state index contributed by atoms with van der Waals surface area (Å²) < 4.78 is 5.35. The van der Waals surface area contributed by atoms with Gasteiger partial charge < -0.3 is 9.73 Å². The van der Waals surface area contributed by atoms with Crippen LogP contribution in [0, 0.1) is 0 Å². The SMILES string of the molecule is CCCCC(Cc1ccco1)NCC. The molecule has 1 aromatic rings. The summed E-state index contributed by atoms with van der Waals surface area (Å²) in [6.45, 7) is 5.42. The lowest BCUT2D eigenvalue weighted by atomic mass is 10.1. The summed E-state index contributed by atoms with van der Waals surface area (Å²) in [5.41, 5.74) is 0. The lowest BCUT2D eigenvalue weighted by molar-refractivity contribution is 0.422. The maximum atomic E-state index is 5.35. The van der Waals surface area contributed by atoms with Gasteiger partial charge in [-0.1, -0.05) is 26.7 Å². The molecule has 0 radical (unpaired) electrons. The van der Waals surface area contributed by atoms with E-state index >= 15 is 0 Å². The summed E-state index contributed by atoms with van der Waals surface area (Å²) in [7, 11) is 0. The van der Waals surface area contributed by atoms with Gasteiger partial charge in [-0.05, 0) is 25.1 Å². The minimum Gasteiger partial charge on any atom is -0.469 e. The zero-order valence-corrected chi connectivity index (χ0v) is 9.25. The fourth-order valence-corrected chi connectivity index (χ4v) is 1.69. The molecule has 1 unspecified atom stereocenters. The third-order valence-electron chi connectivity index (χ3n) is 2.43. The third-order valence-corrected chi connectivity index (χ3v) is 2.43. The Morgan fingerprint density at radius 3 is 2.86 bits per heavy atom. The van der Waals surface area contributed by atoms with E-state index in [1.54, 1.807) is 6.26 Å². The quantitative estimate of drug-likeness (QED) is 0.723. The summed E-state index contributed by atoms with van der Waals surface area (Å²) in [6.07, 6.45) is 6.56. The molecule has 2 nitrogen and oxygen atoms in total. The predicted octanol–water partition coefficient (Wildman–Crippen LogP) is 2.99. The van der Waals surface area contributed by atoms with Crippen LogP contribution in [0.15, 0.2) is 22.8 Å². The van der Waals surface area contributed by atoms with Gasteiger partial charge in [0, 0.05) is 12.5 Å². The molecule has 80 valence electrons. The van der Waals surface area contributed by atoms with Crippen LogP contribution < -0.4 is 5.32 Å². The molecule has 1 heterocycles. The summed E-state index contributed by atoms with van der Waals surface area (Å²) in [4.78, 5) is 0. The molecule has 0 fully saturated rings. The molecule has 14 heavy (non-hydrogen) atoms. The number of hydrogen-bond donors (Lipinski definition) is 1. The van der Waals surface area contributed by atoms with Gasteiger partial charge in [-0.15, -0.1) is 0 Å². The maximum Gasteiger partial charge on any atom is 0.105 e. The minimum atomic E-state index is 0.575. The molecule has 0 aliphatic rings. The Morgan fingerprint density at radius 2 is 2.29 bits per heavy atom. The van der Waals surface area contributed by atoms with E-state index in [4.69, 9.17) is 4.42 Å². The van der Waals surface area contributed by atoms with Crippen molar-refractivity contribution in [2.75, 3.05) is 6.54 Å². The summed E-state index contributed by atoms with van der Waals surface area (Å²) >= 11 is 0. The average molecular weight is 195 g/mol. The van der Waals surface area contributed by atoms with Crippen LogP contribution in [-0.4, -0.2) is 12.6 Å². The van der Waals surface area contributed by atoms with Gasteiger partial charge in [-0.25, -0.2) is 0 Å². The van der Waals surface area contributed by atoms with Crippen molar-refractivity contribution < 1.29 is 4.42 Å². The highest BCUT2D eigenvalue weighted by atomic mass is 16.3. The second kappa shape index (κ2) is 6.66. The molecular weight excluding hydrogens is 174 g/mol. The highest BCUT2D eigenvalue weighted by Gasteiger charge is 2.08. The van der Waals surface area contributed by atoms with Crippen molar-refractivity contribution >= 4 is 0 Å². The fourth-order valence-electron chi connectivity index (χ4n) is 1.69. The fraction of sp³-hybridized carbons (Fsp3) is 0.667. The Balaban J connectivity index is 2.34. The first-order valence-electron chi connectivity index (χ1n) is 5.62. The average Bonchev–Trinajstić information content (AvgIpc) is 2.67. The number of hydrogen-bond acceptors (Lipinski definition) is 2. The van der Waals surface area contributed by atoms with Gasteiger partial charge >= 0.3 is 0 Å². The van der Waals surface area contributed by atoms with E-state index in [0.29, 0.717) is 6.04 Å². The number of furan rings is 1. The monoisotopic (exact) mass is 195 g/mol. The molecule has 0 aliphatic carbocycles. The number of likely N-dealkylation sites (N-methyl/N-ethyl adjacent to an activating group) is 1. The minimum absolute atomic E-state index is 0.575. The van der Waals surface area contributed by atoms with Crippen LogP contribution in [0.2, 0.25) is 0 Å². The highest BCUT2D eigenvalue weighted by Crippen LogP contribution is 2.09. The summed E-state index contributed by atoms with van der Waals surface area (Å²) in [5, 5.41) is 3.50. The first kappa shape index (κ1) is 11.3. The molecule has 2 heteroatoms. The van der Waals surface area contributed by atoms with Crippen LogP contribution >= 0.6 is 0 Å². The maximum absolute atomic E-state index is 5.35. The molecule has 1 N–H and O–H groups in total. The van der Waals surface area contributed by atoms with Crippen LogP contribution in [0.3, 0.4) is 0 Å². The molecule has 0 saturated carbocycles. The predicted molar refractivity (Wildman–Crippen MR) is 59.4 cm³/mol. The van der Waals surface area contributed by atoms with Gasteiger partial charge in [0.1, 0.15) is 5.76 Å². The van der Waals surface area contributed by atoms with Crippen molar-refractivity contribution in [1.29, 1.82) is 0 Å². The standard InChI is InChI=1S/C12H21NO/c1-3-5-7-11(13-4-2)10-12-8-6-9-14-12/h6,8-9,11,13H,3-5,7,10H2,1-2H3. The van der Waals surface area contributed by atoms with Gasteiger partial charge in [0.15, 0.2) is 0 Å². The highest BCUT2D eigenvalue weighted by molar-refractivity contribution is 5.00. The molecule has 0 aliphatic heterocycles. The molecule has 0 saturated heterocycles. The Kier molecular flexibility index (Phi) is 5.38. The Bertz CT molecular complexity index is 218. The van der Waals surface area contributed by atoms with E-state index in [0.717, 1.165) is 18.7 Å². The van der Waals surface area contributed by atoms with Crippen LogP contribution in [0.5, 0.6) is 0 Å². The van der Waals surface area contributed by atoms with E-state index in [9.17, 15) is 0 Å². The molecule has 1 rings (SSSR count). The zero-order chi connectivity index (χ0) is 10.2. The van der Waals surface area contributed by atoms with E-state index in [1.807, 2.05) is 6.07 Å². The summed E-state index contributed by atoms with van der Waals surface area (Å²) in [6, 6.07) is 4.58. The Hall–Kier alpha value is -0.760. The molecule has 0 aromatic carbocycles. The molecule has 1 aromatic heterocycles. The smallest absolute Gasteiger partial charge is 0.105 e. The van der Waals surface area contributed by atoms with Gasteiger partial charge in [0.2, 0.25) is 0 Å². The van der Waals surface area contributed by atoms with Crippen molar-refractivity contribution in [1.82, 2.24) is 5.32 Å². The van der Waals surface area contributed by atoms with Crippen molar-refractivity contribution in [2.24, 2.45) is 0 Å². The normalized spacial score (nSPS) is 13.0. The lowest BCUT2D eigenvalue weighted by Gasteiger charge is -2.15. The lowest BCUT2D eigenvalue weighted by Crippen LogP contribution is -2.30. The summed E-state index contributed by atoms with van der Waals surface area (Å²) in [5.74, 6) is 1.09. The van der Waals surface area contributed by atoms with Gasteiger partial charge in [0.05, 0.1) is 6.26 Å². The zero-order valence-electron chi connectivity index (χ0n) is 9.25. The number of unbranched alkanes of at least 4 members (excludes halogenated alkanes) is 1. The van der Waals surface area contributed by atoms with Crippen molar-refractivity contribution in [3.05, 3.63) is 24.2 Å². The van der Waals surface area contributed by atoms with Crippen molar-refractivity contribution in [2.45, 2.75) is 45.6 Å². The van der Waals surface area contributed by atoms with E-state index in [1.165, 1.54) is 19.3 Å². The van der Waals surface area contributed by atoms with Crippen LogP contribution in [0.4, 0.5) is 0 Å². The van der Waals surface area contributed by atoms with Gasteiger partial charge in [-0.2, -0.15) is 0 Å². The Morgan fingerprint density at radius 1 is 1.43 bits per heavy atom. The van der Waals surface area contributed by atoms with Gasteiger partial charge in [0.25, 0.3) is 0 Å². The van der Waals surface area contributed by atoms with Gasteiger partial charge in [-0.3, -0.25) is 0 Å². The first-order valence-corrected chi connectivity index (χ1v) is 5.62. The van der Waals surface area contributed by atoms with E-state index in [2.05, 4.69) is 25.2 Å². The second-order valence-electron chi connectivity index (χ2n) is 3.68. The molecule has 0 spiro atoms. The second-order valence-corrected chi connectivity index (χ2v) is 3.68. The van der Waals surface area contributed by atoms with Crippen LogP contribution in [0.25, 0.3) is 0 Å². The molecule has 0 bridgehead atoms. The van der Waals surface area contributed by atoms with Crippen molar-refractivity contribution in [3.8, 4) is 0 Å². The topological polar surface area (TPSA) is 25.2 Å².